The van der Waals surface area contributed by atoms with Crippen LogP contribution in [-0.2, 0) is 4.74 Å². The van der Waals surface area contributed by atoms with Gasteiger partial charge in [0.1, 0.15) is 0 Å². The number of carbonyl (C=O) groups excluding carboxylic acids is 1. The maximum Gasteiger partial charge on any atom is 0.422 e. The van der Waals surface area contributed by atoms with Crippen LogP contribution in [0.1, 0.15) is 25.7 Å². The van der Waals surface area contributed by atoms with E-state index in [1.54, 1.807) is 0 Å². The molecular weight excluding hydrogens is 239 g/mol. The third-order valence-corrected chi connectivity index (χ3v) is 2.70. The van der Waals surface area contributed by atoms with Gasteiger partial charge in [-0.1, -0.05) is 12.8 Å². The van der Waals surface area contributed by atoms with Crippen LogP contribution in [0.25, 0.3) is 0 Å². The highest BCUT2D eigenvalue weighted by Gasteiger charge is 2.33. The summed E-state index contributed by atoms with van der Waals surface area (Å²) in [7, 11) is 0. The van der Waals surface area contributed by atoms with Gasteiger partial charge in [0.05, 0.1) is 6.61 Å². The Labute approximate surface area is 97.3 Å². The normalized spacial score (nSPS) is 17.2. The van der Waals surface area contributed by atoms with Crippen LogP contribution in [0, 0.1) is 0 Å². The molecule has 1 amide bonds. The van der Waals surface area contributed by atoms with E-state index in [1.165, 1.54) is 4.90 Å². The average Bonchev–Trinajstić information content (AvgIpc) is 2.74. The monoisotopic (exact) mass is 255 g/mol. The second-order valence-corrected chi connectivity index (χ2v) is 4.03. The summed E-state index contributed by atoms with van der Waals surface area (Å²) < 4.78 is 39.9. The van der Waals surface area contributed by atoms with Crippen LogP contribution in [0.5, 0.6) is 0 Å². The zero-order valence-electron chi connectivity index (χ0n) is 9.37. The number of rotatable bonds is 4. The molecule has 1 saturated carbocycles. The SMILES string of the molecule is O=C(OCC(F)(F)F)N(CCO)C1CCCC1. The van der Waals surface area contributed by atoms with Crippen LogP contribution < -0.4 is 0 Å². The number of halogens is 3. The van der Waals surface area contributed by atoms with Gasteiger partial charge in [0.2, 0.25) is 0 Å². The molecule has 4 nitrogen and oxygen atoms in total. The highest BCUT2D eigenvalue weighted by molar-refractivity contribution is 5.68. The molecular formula is C10H16F3NO3. The maximum absolute atomic E-state index is 11.9. The number of hydrogen-bond acceptors (Lipinski definition) is 3. The Morgan fingerprint density at radius 2 is 1.94 bits per heavy atom. The zero-order valence-corrected chi connectivity index (χ0v) is 9.37. The smallest absolute Gasteiger partial charge is 0.422 e. The van der Waals surface area contributed by atoms with E-state index in [9.17, 15) is 18.0 Å². The van der Waals surface area contributed by atoms with E-state index in [2.05, 4.69) is 4.74 Å². The first-order valence-corrected chi connectivity index (χ1v) is 5.55. The van der Waals surface area contributed by atoms with Gasteiger partial charge in [-0.15, -0.1) is 0 Å². The molecule has 1 aliphatic carbocycles. The van der Waals surface area contributed by atoms with Crippen LogP contribution in [-0.4, -0.2) is 48.1 Å². The molecule has 7 heteroatoms. The van der Waals surface area contributed by atoms with E-state index < -0.39 is 18.9 Å². The van der Waals surface area contributed by atoms with Gasteiger partial charge in [0.15, 0.2) is 6.61 Å². The number of alkyl halides is 3. The number of carbonyl (C=O) groups is 1. The topological polar surface area (TPSA) is 49.8 Å². The highest BCUT2D eigenvalue weighted by atomic mass is 19.4. The minimum atomic E-state index is -4.52. The Kier molecular flexibility index (Phi) is 5.04. The minimum absolute atomic E-state index is 0.0152. The van der Waals surface area contributed by atoms with E-state index in [0.29, 0.717) is 0 Å². The molecule has 1 rings (SSSR count). The van der Waals surface area contributed by atoms with Gasteiger partial charge in [0, 0.05) is 12.6 Å². The molecule has 0 heterocycles. The number of ether oxygens (including phenoxy) is 1. The molecule has 0 atom stereocenters. The van der Waals surface area contributed by atoms with Gasteiger partial charge in [-0.2, -0.15) is 13.2 Å². The van der Waals surface area contributed by atoms with Crippen molar-refractivity contribution in [2.45, 2.75) is 37.9 Å². The lowest BCUT2D eigenvalue weighted by atomic mass is 10.2. The number of aliphatic hydroxyl groups is 1. The minimum Gasteiger partial charge on any atom is -0.440 e. The Morgan fingerprint density at radius 1 is 1.35 bits per heavy atom. The first-order chi connectivity index (χ1) is 7.94. The number of amides is 1. The lowest BCUT2D eigenvalue weighted by molar-refractivity contribution is -0.163. The summed E-state index contributed by atoms with van der Waals surface area (Å²) >= 11 is 0. The van der Waals surface area contributed by atoms with E-state index in [1.807, 2.05) is 0 Å². The summed E-state index contributed by atoms with van der Waals surface area (Å²) in [5, 5.41) is 8.80. The van der Waals surface area contributed by atoms with Gasteiger partial charge in [-0.3, -0.25) is 0 Å². The van der Waals surface area contributed by atoms with Crippen molar-refractivity contribution in [1.29, 1.82) is 0 Å². The second kappa shape index (κ2) is 6.09. The third kappa shape index (κ3) is 4.80. The van der Waals surface area contributed by atoms with Crippen molar-refractivity contribution in [3.8, 4) is 0 Å². The third-order valence-electron chi connectivity index (χ3n) is 2.70. The molecule has 17 heavy (non-hydrogen) atoms. The Hall–Kier alpha value is -0.980. The summed E-state index contributed by atoms with van der Waals surface area (Å²) in [4.78, 5) is 12.7. The van der Waals surface area contributed by atoms with Crippen LogP contribution in [0.4, 0.5) is 18.0 Å². The summed E-state index contributed by atoms with van der Waals surface area (Å²) in [5.74, 6) is 0. The zero-order chi connectivity index (χ0) is 12.9. The Morgan fingerprint density at radius 3 is 2.41 bits per heavy atom. The van der Waals surface area contributed by atoms with Gasteiger partial charge in [-0.25, -0.2) is 4.79 Å². The molecule has 100 valence electrons. The molecule has 0 radical (unpaired) electrons. The maximum atomic E-state index is 11.9. The molecule has 0 aliphatic heterocycles. The lowest BCUT2D eigenvalue weighted by Gasteiger charge is -2.27. The van der Waals surface area contributed by atoms with E-state index in [-0.39, 0.29) is 19.2 Å². The summed E-state index contributed by atoms with van der Waals surface area (Å²) in [6.45, 7) is -1.85. The van der Waals surface area contributed by atoms with Crippen molar-refractivity contribution in [2.24, 2.45) is 0 Å². The first kappa shape index (κ1) is 14.1. The standard InChI is InChI=1S/C10H16F3NO3/c11-10(12,13)7-17-9(16)14(5-6-15)8-3-1-2-4-8/h8,15H,1-7H2. The van der Waals surface area contributed by atoms with Gasteiger partial charge in [-0.05, 0) is 12.8 Å². The van der Waals surface area contributed by atoms with Crippen LogP contribution in [0.3, 0.4) is 0 Å². The molecule has 1 N–H and O–H groups in total. The van der Waals surface area contributed by atoms with E-state index in [0.717, 1.165) is 25.7 Å². The molecule has 1 aliphatic rings. The van der Waals surface area contributed by atoms with Gasteiger partial charge < -0.3 is 14.7 Å². The van der Waals surface area contributed by atoms with Crippen molar-refractivity contribution in [1.82, 2.24) is 4.90 Å². The van der Waals surface area contributed by atoms with Crippen LogP contribution in [0.2, 0.25) is 0 Å². The van der Waals surface area contributed by atoms with Gasteiger partial charge in [0.25, 0.3) is 0 Å². The largest absolute Gasteiger partial charge is 0.440 e. The van der Waals surface area contributed by atoms with Gasteiger partial charge >= 0.3 is 12.3 Å². The van der Waals surface area contributed by atoms with Crippen LogP contribution >= 0.6 is 0 Å². The van der Waals surface area contributed by atoms with Crippen molar-refractivity contribution in [3.05, 3.63) is 0 Å². The fraction of sp³-hybridized carbons (Fsp3) is 0.900. The molecule has 0 bridgehead atoms. The van der Waals surface area contributed by atoms with E-state index in [4.69, 9.17) is 5.11 Å². The highest BCUT2D eigenvalue weighted by Crippen LogP contribution is 2.24. The molecule has 0 aromatic rings. The Balaban J connectivity index is 2.48. The quantitative estimate of drug-likeness (QED) is 0.835. The average molecular weight is 255 g/mol. The second-order valence-electron chi connectivity index (χ2n) is 4.03. The summed E-state index contributed by atoms with van der Waals surface area (Å²) in [5.41, 5.74) is 0. The van der Waals surface area contributed by atoms with Crippen molar-refractivity contribution in [3.63, 3.8) is 0 Å². The molecule has 0 saturated heterocycles. The molecule has 0 aromatic heterocycles. The van der Waals surface area contributed by atoms with Crippen molar-refractivity contribution < 1.29 is 27.8 Å². The van der Waals surface area contributed by atoms with Crippen molar-refractivity contribution >= 4 is 6.09 Å². The predicted molar refractivity (Wildman–Crippen MR) is 53.5 cm³/mol. The summed E-state index contributed by atoms with van der Waals surface area (Å²) in [6, 6.07) is -0.108. The predicted octanol–water partition coefficient (Wildman–Crippen LogP) is 1.92. The molecule has 0 aromatic carbocycles. The fourth-order valence-corrected chi connectivity index (χ4v) is 1.97. The fourth-order valence-electron chi connectivity index (χ4n) is 1.97. The van der Waals surface area contributed by atoms with Crippen LogP contribution in [0.15, 0.2) is 0 Å². The molecule has 0 spiro atoms. The number of hydrogen-bond donors (Lipinski definition) is 1. The van der Waals surface area contributed by atoms with E-state index >= 15 is 0 Å². The number of aliphatic hydroxyl groups excluding tert-OH is 1. The summed E-state index contributed by atoms with van der Waals surface area (Å²) in [6.07, 6.45) is -2.13. The molecule has 1 fully saturated rings. The van der Waals surface area contributed by atoms with Crippen molar-refractivity contribution in [2.75, 3.05) is 19.8 Å². The number of nitrogens with zero attached hydrogens (tertiary/aromatic N) is 1. The Bertz CT molecular complexity index is 252. The first-order valence-electron chi connectivity index (χ1n) is 5.55. The lowest BCUT2D eigenvalue weighted by Crippen LogP contribution is -2.42. The molecule has 0 unspecified atom stereocenters.